The summed E-state index contributed by atoms with van der Waals surface area (Å²) in [4.78, 5) is 46.1. The van der Waals surface area contributed by atoms with Gasteiger partial charge in [-0.2, -0.15) is 0 Å². The van der Waals surface area contributed by atoms with E-state index in [0.29, 0.717) is 38.0 Å². The van der Waals surface area contributed by atoms with Gasteiger partial charge in [0.1, 0.15) is 17.2 Å². The Morgan fingerprint density at radius 3 is 2.27 bits per heavy atom. The first-order valence-corrected chi connectivity index (χ1v) is 14.0. The number of fused-ring (bicyclic) bond motifs is 5. The number of carbonyl (C=O) groups excluding carboxylic acids is 3. The molecule has 41 heavy (non-hydrogen) atoms. The van der Waals surface area contributed by atoms with E-state index in [9.17, 15) is 14.4 Å². The highest BCUT2D eigenvalue weighted by Gasteiger charge is 2.71. The molecule has 3 aliphatic rings. The highest BCUT2D eigenvalue weighted by Crippen LogP contribution is 2.61. The molecule has 4 aromatic carbocycles. The molecule has 0 saturated carbocycles. The first kappa shape index (κ1) is 25.8. The second kappa shape index (κ2) is 9.44. The summed E-state index contributed by atoms with van der Waals surface area (Å²) in [5.74, 6) is -1.26. The van der Waals surface area contributed by atoms with E-state index in [1.54, 1.807) is 73.8 Å². The van der Waals surface area contributed by atoms with E-state index < -0.39 is 23.4 Å². The Hall–Kier alpha value is -4.19. The maximum atomic E-state index is 14.8. The second-order valence-corrected chi connectivity index (χ2v) is 11.4. The van der Waals surface area contributed by atoms with Gasteiger partial charge < -0.3 is 9.64 Å². The van der Waals surface area contributed by atoms with Crippen LogP contribution in [0.1, 0.15) is 48.1 Å². The minimum atomic E-state index is -1.63. The van der Waals surface area contributed by atoms with E-state index in [1.165, 1.54) is 0 Å². The fraction of sp³-hybridized carbons (Fsp3) is 0.147. The number of methoxy groups -OCH3 is 1. The molecule has 7 rings (SSSR count). The van der Waals surface area contributed by atoms with Crippen LogP contribution in [0, 0.1) is 5.41 Å². The highest BCUT2D eigenvalue weighted by molar-refractivity contribution is 6.36. The number of hydrogen-bond acceptors (Lipinski definition) is 5. The molecule has 4 aromatic rings. The molecule has 7 heteroatoms. The first-order valence-electron chi connectivity index (χ1n) is 13.3. The van der Waals surface area contributed by atoms with E-state index in [0.717, 1.165) is 11.3 Å². The molecule has 1 aliphatic carbocycles. The molecule has 1 fully saturated rings. The van der Waals surface area contributed by atoms with Crippen LogP contribution < -0.4 is 9.64 Å². The summed E-state index contributed by atoms with van der Waals surface area (Å²) < 4.78 is 5.42. The number of ether oxygens (including phenoxy) is 1. The van der Waals surface area contributed by atoms with Crippen molar-refractivity contribution < 1.29 is 19.1 Å². The zero-order valence-corrected chi connectivity index (χ0v) is 23.4. The predicted octanol–water partition coefficient (Wildman–Crippen LogP) is 7.32. The lowest BCUT2D eigenvalue weighted by Crippen LogP contribution is -2.48. The average molecular weight is 580 g/mol. The normalized spacial score (nSPS) is 21.5. The molecule has 202 valence electrons. The fourth-order valence-electron chi connectivity index (χ4n) is 6.96. The van der Waals surface area contributed by atoms with Gasteiger partial charge in [-0.15, -0.1) is 0 Å². The molecule has 0 bridgehead atoms. The van der Waals surface area contributed by atoms with Gasteiger partial charge in [-0.1, -0.05) is 96.0 Å². The minimum absolute atomic E-state index is 0.247. The van der Waals surface area contributed by atoms with Gasteiger partial charge in [0.15, 0.2) is 17.3 Å². The number of rotatable bonds is 4. The van der Waals surface area contributed by atoms with Crippen molar-refractivity contribution in [3.63, 3.8) is 0 Å². The number of benzene rings is 4. The van der Waals surface area contributed by atoms with Crippen LogP contribution in [0.2, 0.25) is 10.0 Å². The Bertz CT molecular complexity index is 1780. The largest absolute Gasteiger partial charge is 0.497 e. The third-order valence-corrected chi connectivity index (χ3v) is 9.20. The average Bonchev–Trinajstić information content (AvgIpc) is 3.43. The van der Waals surface area contributed by atoms with Crippen LogP contribution in [0.5, 0.6) is 5.75 Å². The van der Waals surface area contributed by atoms with Gasteiger partial charge in [-0.25, -0.2) is 0 Å². The number of anilines is 1. The van der Waals surface area contributed by atoms with Crippen molar-refractivity contribution in [2.75, 3.05) is 12.0 Å². The van der Waals surface area contributed by atoms with Gasteiger partial charge >= 0.3 is 0 Å². The zero-order chi connectivity index (χ0) is 28.5. The zero-order valence-electron chi connectivity index (χ0n) is 21.9. The van der Waals surface area contributed by atoms with E-state index >= 15 is 0 Å². The van der Waals surface area contributed by atoms with Gasteiger partial charge in [-0.05, 0) is 41.5 Å². The Labute approximate surface area is 247 Å². The molecule has 2 heterocycles. The Balaban J connectivity index is 1.56. The number of hydrogen-bond donors (Lipinski definition) is 0. The van der Waals surface area contributed by atoms with Crippen LogP contribution in [0.15, 0.2) is 97.1 Å². The van der Waals surface area contributed by atoms with Gasteiger partial charge in [-0.3, -0.25) is 14.4 Å². The maximum absolute atomic E-state index is 14.8. The monoisotopic (exact) mass is 579 g/mol. The van der Waals surface area contributed by atoms with E-state index in [1.807, 2.05) is 41.3 Å². The molecule has 5 nitrogen and oxygen atoms in total. The highest BCUT2D eigenvalue weighted by atomic mass is 35.5. The number of halogens is 2. The van der Waals surface area contributed by atoms with Crippen LogP contribution in [0.4, 0.5) is 5.69 Å². The SMILES string of the molecule is COc1cccc(C(=O)C2C(c3ccc(Cl)cc3Cl)C3(C(=O)c4ccccc4C3=O)C3C=Cc4ccccc4N23)c1. The maximum Gasteiger partial charge on any atom is 0.186 e. The van der Waals surface area contributed by atoms with Crippen molar-refractivity contribution in [2.45, 2.75) is 18.0 Å². The van der Waals surface area contributed by atoms with Gasteiger partial charge in [0.25, 0.3) is 0 Å². The van der Waals surface area contributed by atoms with Crippen LogP contribution in [0.3, 0.4) is 0 Å². The molecule has 3 atom stereocenters. The summed E-state index contributed by atoms with van der Waals surface area (Å²) >= 11 is 13.2. The van der Waals surface area contributed by atoms with Crippen molar-refractivity contribution >= 4 is 52.3 Å². The van der Waals surface area contributed by atoms with E-state index in [4.69, 9.17) is 27.9 Å². The van der Waals surface area contributed by atoms with Gasteiger partial charge in [0, 0.05) is 38.3 Å². The summed E-state index contributed by atoms with van der Waals surface area (Å²) in [5, 5.41) is 0.704. The fourth-order valence-corrected chi connectivity index (χ4v) is 7.49. The van der Waals surface area contributed by atoms with Crippen molar-refractivity contribution in [3.05, 3.63) is 135 Å². The van der Waals surface area contributed by atoms with Gasteiger partial charge in [0.2, 0.25) is 0 Å². The van der Waals surface area contributed by atoms with Crippen molar-refractivity contribution in [1.82, 2.24) is 0 Å². The molecular formula is C34H23Cl2NO4. The quantitative estimate of drug-likeness (QED) is 0.187. The van der Waals surface area contributed by atoms with Crippen LogP contribution in [0.25, 0.3) is 6.08 Å². The number of nitrogens with zero attached hydrogens (tertiary/aromatic N) is 1. The minimum Gasteiger partial charge on any atom is -0.497 e. The standard InChI is InChI=1S/C34H23Cl2NO4/c1-41-22-9-6-8-20(17-22)31(38)30-29(25-15-14-21(35)18-26(25)36)34(32(39)23-10-3-4-11-24(23)33(34)40)28-16-13-19-7-2-5-12-27(19)37(28)30/h2-18,28-30H,1H3. The lowest BCUT2D eigenvalue weighted by molar-refractivity contribution is 0.0666. The summed E-state index contributed by atoms with van der Waals surface area (Å²) in [6, 6.07) is 24.8. The summed E-state index contributed by atoms with van der Waals surface area (Å²) in [6.07, 6.45) is 3.82. The Kier molecular flexibility index (Phi) is 5.93. The van der Waals surface area contributed by atoms with Crippen molar-refractivity contribution in [2.24, 2.45) is 5.41 Å². The third-order valence-electron chi connectivity index (χ3n) is 8.63. The number of ketones is 3. The molecule has 0 amide bonds. The topological polar surface area (TPSA) is 63.7 Å². The lowest BCUT2D eigenvalue weighted by atomic mass is 9.64. The summed E-state index contributed by atoms with van der Waals surface area (Å²) in [5.41, 5.74) is 1.66. The first-order chi connectivity index (χ1) is 19.9. The molecular weight excluding hydrogens is 557 g/mol. The smallest absolute Gasteiger partial charge is 0.186 e. The van der Waals surface area contributed by atoms with Crippen LogP contribution in [-0.2, 0) is 0 Å². The van der Waals surface area contributed by atoms with E-state index in [2.05, 4.69) is 0 Å². The van der Waals surface area contributed by atoms with Crippen molar-refractivity contribution in [1.29, 1.82) is 0 Å². The van der Waals surface area contributed by atoms with Gasteiger partial charge in [0.05, 0.1) is 13.2 Å². The molecule has 0 aromatic heterocycles. The molecule has 1 spiro atoms. The molecule has 0 N–H and O–H groups in total. The third kappa shape index (κ3) is 3.52. The Morgan fingerprint density at radius 2 is 1.56 bits per heavy atom. The summed E-state index contributed by atoms with van der Waals surface area (Å²) in [6.45, 7) is 0. The molecule has 2 aliphatic heterocycles. The second-order valence-electron chi connectivity index (χ2n) is 10.5. The molecule has 0 radical (unpaired) electrons. The van der Waals surface area contributed by atoms with Crippen LogP contribution in [-0.4, -0.2) is 36.5 Å². The molecule has 1 saturated heterocycles. The predicted molar refractivity (Wildman–Crippen MR) is 160 cm³/mol. The number of para-hydroxylation sites is 1. The summed E-state index contributed by atoms with van der Waals surface area (Å²) in [7, 11) is 1.54. The van der Waals surface area contributed by atoms with Crippen molar-refractivity contribution in [3.8, 4) is 5.75 Å². The van der Waals surface area contributed by atoms with E-state index in [-0.39, 0.29) is 17.3 Å². The molecule has 3 unspecified atom stereocenters. The number of carbonyl (C=O) groups is 3. The Morgan fingerprint density at radius 1 is 0.854 bits per heavy atom. The lowest BCUT2D eigenvalue weighted by Gasteiger charge is -2.37. The van der Waals surface area contributed by atoms with Crippen LogP contribution >= 0.6 is 23.2 Å². The number of Topliss-reactive ketones (excluding diaryl/α,β-unsaturated/α-hetero) is 3.